The minimum Gasteiger partial charge on any atom is -0.356 e. The monoisotopic (exact) mass is 355 g/mol. The van der Waals surface area contributed by atoms with Crippen molar-refractivity contribution in [2.24, 2.45) is 22.7 Å². The Hall–Kier alpha value is -1.04. The molecule has 0 bridgehead atoms. The van der Waals surface area contributed by atoms with Crippen LogP contribution in [-0.4, -0.2) is 45.0 Å². The van der Waals surface area contributed by atoms with Gasteiger partial charge in [0.05, 0.1) is 18.1 Å². The lowest BCUT2D eigenvalue weighted by atomic mass is 9.79. The Balaban J connectivity index is 1.90. The maximum Gasteiger partial charge on any atom is 0.191 e. The first-order valence-corrected chi connectivity index (χ1v) is 11.0. The number of nitrogens with zero attached hydrogens (tertiary/aromatic N) is 1. The van der Waals surface area contributed by atoms with Crippen molar-refractivity contribution >= 4 is 15.8 Å². The number of aliphatic imine (C=N–C) groups is 1. The molecule has 0 aromatic carbocycles. The van der Waals surface area contributed by atoms with Crippen LogP contribution in [0.3, 0.4) is 0 Å². The fourth-order valence-electron chi connectivity index (χ4n) is 3.51. The summed E-state index contributed by atoms with van der Waals surface area (Å²) in [4.78, 5) is 4.60. The van der Waals surface area contributed by atoms with Gasteiger partial charge in [-0.1, -0.05) is 26.0 Å². The molecule has 2 aliphatic rings. The molecule has 4 unspecified atom stereocenters. The molecule has 1 aliphatic carbocycles. The molecule has 0 radical (unpaired) electrons. The summed E-state index contributed by atoms with van der Waals surface area (Å²) < 4.78 is 23.2. The molecule has 1 aliphatic heterocycles. The largest absolute Gasteiger partial charge is 0.356 e. The van der Waals surface area contributed by atoms with E-state index in [0.29, 0.717) is 30.6 Å². The van der Waals surface area contributed by atoms with E-state index >= 15 is 0 Å². The SMILES string of the molecule is C=C(C)CN=C(NCC1CCS(=O)(=O)C1)NC1CCC(C)C(C)C1. The summed E-state index contributed by atoms with van der Waals surface area (Å²) in [7, 11) is -2.82. The zero-order valence-electron chi connectivity index (χ0n) is 15.3. The van der Waals surface area contributed by atoms with Crippen LogP contribution in [0, 0.1) is 17.8 Å². The Labute approximate surface area is 147 Å². The molecule has 1 heterocycles. The van der Waals surface area contributed by atoms with Gasteiger partial charge in [-0.3, -0.25) is 0 Å². The van der Waals surface area contributed by atoms with Crippen molar-refractivity contribution in [3.05, 3.63) is 12.2 Å². The normalized spacial score (nSPS) is 33.2. The maximum absolute atomic E-state index is 11.6. The number of hydrogen-bond acceptors (Lipinski definition) is 3. The second-order valence-electron chi connectivity index (χ2n) is 7.88. The van der Waals surface area contributed by atoms with E-state index in [1.54, 1.807) is 0 Å². The van der Waals surface area contributed by atoms with Crippen molar-refractivity contribution in [1.82, 2.24) is 10.6 Å². The van der Waals surface area contributed by atoms with E-state index in [0.717, 1.165) is 42.6 Å². The summed E-state index contributed by atoms with van der Waals surface area (Å²) in [5, 5.41) is 6.92. The van der Waals surface area contributed by atoms with Crippen LogP contribution in [-0.2, 0) is 9.84 Å². The molecule has 2 rings (SSSR count). The molecule has 2 fully saturated rings. The molecule has 2 N–H and O–H groups in total. The molecule has 0 spiro atoms. The predicted octanol–water partition coefficient (Wildman–Crippen LogP) is 2.36. The van der Waals surface area contributed by atoms with Crippen molar-refractivity contribution < 1.29 is 8.42 Å². The number of nitrogens with one attached hydrogen (secondary N) is 2. The smallest absolute Gasteiger partial charge is 0.191 e. The van der Waals surface area contributed by atoms with Gasteiger partial charge in [0.15, 0.2) is 15.8 Å². The molecule has 0 aromatic heterocycles. The molecule has 0 amide bonds. The number of guanidine groups is 1. The van der Waals surface area contributed by atoms with E-state index in [1.807, 2.05) is 6.92 Å². The zero-order valence-corrected chi connectivity index (χ0v) is 16.2. The Kier molecular flexibility index (Phi) is 6.72. The number of rotatable bonds is 5. The Morgan fingerprint density at radius 3 is 2.54 bits per heavy atom. The van der Waals surface area contributed by atoms with Crippen molar-refractivity contribution in [3.8, 4) is 0 Å². The average molecular weight is 356 g/mol. The third-order valence-electron chi connectivity index (χ3n) is 5.33. The molecular weight excluding hydrogens is 322 g/mol. The van der Waals surface area contributed by atoms with E-state index in [2.05, 4.69) is 36.1 Å². The summed E-state index contributed by atoms with van der Waals surface area (Å²) in [6.07, 6.45) is 4.32. The van der Waals surface area contributed by atoms with Gasteiger partial charge in [-0.05, 0) is 50.4 Å². The van der Waals surface area contributed by atoms with Crippen LogP contribution in [0.15, 0.2) is 17.1 Å². The van der Waals surface area contributed by atoms with Gasteiger partial charge in [-0.25, -0.2) is 13.4 Å². The highest BCUT2D eigenvalue weighted by molar-refractivity contribution is 7.91. The first-order chi connectivity index (χ1) is 11.2. The lowest BCUT2D eigenvalue weighted by Gasteiger charge is -2.33. The van der Waals surface area contributed by atoms with Crippen molar-refractivity contribution in [1.29, 1.82) is 0 Å². The van der Waals surface area contributed by atoms with Gasteiger partial charge in [-0.2, -0.15) is 0 Å². The van der Waals surface area contributed by atoms with E-state index in [-0.39, 0.29) is 5.92 Å². The quantitative estimate of drug-likeness (QED) is 0.451. The van der Waals surface area contributed by atoms with Gasteiger partial charge < -0.3 is 10.6 Å². The highest BCUT2D eigenvalue weighted by atomic mass is 32.2. The van der Waals surface area contributed by atoms with Gasteiger partial charge in [-0.15, -0.1) is 0 Å². The van der Waals surface area contributed by atoms with Crippen molar-refractivity contribution in [2.45, 2.75) is 52.5 Å². The standard InChI is InChI=1S/C18H33N3O2S/c1-13(2)10-19-18(20-11-16-7-8-24(22,23)12-16)21-17-6-5-14(3)15(4)9-17/h14-17H,1,5-12H2,2-4H3,(H2,19,20,21). The Morgan fingerprint density at radius 1 is 1.21 bits per heavy atom. The summed E-state index contributed by atoms with van der Waals surface area (Å²) in [5.74, 6) is 3.12. The van der Waals surface area contributed by atoms with Crippen LogP contribution in [0.1, 0.15) is 46.5 Å². The van der Waals surface area contributed by atoms with Gasteiger partial charge in [0, 0.05) is 12.6 Å². The fraction of sp³-hybridized carbons (Fsp3) is 0.833. The topological polar surface area (TPSA) is 70.6 Å². The molecule has 138 valence electrons. The third-order valence-corrected chi connectivity index (χ3v) is 7.17. The first-order valence-electron chi connectivity index (χ1n) is 9.15. The Morgan fingerprint density at radius 2 is 1.96 bits per heavy atom. The lowest BCUT2D eigenvalue weighted by molar-refractivity contribution is 0.239. The molecule has 24 heavy (non-hydrogen) atoms. The molecule has 4 atom stereocenters. The highest BCUT2D eigenvalue weighted by Gasteiger charge is 2.28. The molecule has 0 aromatic rings. The van der Waals surface area contributed by atoms with Gasteiger partial charge in [0.2, 0.25) is 0 Å². The van der Waals surface area contributed by atoms with Crippen LogP contribution in [0.2, 0.25) is 0 Å². The summed E-state index contributed by atoms with van der Waals surface area (Å²) in [6, 6.07) is 0.444. The van der Waals surface area contributed by atoms with E-state index in [4.69, 9.17) is 0 Å². The van der Waals surface area contributed by atoms with E-state index in [1.165, 1.54) is 6.42 Å². The van der Waals surface area contributed by atoms with Gasteiger partial charge in [0.25, 0.3) is 0 Å². The zero-order chi connectivity index (χ0) is 17.7. The van der Waals surface area contributed by atoms with Gasteiger partial charge >= 0.3 is 0 Å². The summed E-state index contributed by atoms with van der Waals surface area (Å²) in [6.45, 7) is 11.8. The summed E-state index contributed by atoms with van der Waals surface area (Å²) >= 11 is 0. The fourth-order valence-corrected chi connectivity index (χ4v) is 5.37. The van der Waals surface area contributed by atoms with E-state index in [9.17, 15) is 8.42 Å². The van der Waals surface area contributed by atoms with Crippen molar-refractivity contribution in [2.75, 3.05) is 24.6 Å². The molecular formula is C18H33N3O2S. The minimum absolute atomic E-state index is 0.192. The lowest BCUT2D eigenvalue weighted by Crippen LogP contribution is -2.47. The van der Waals surface area contributed by atoms with Gasteiger partial charge in [0.1, 0.15) is 0 Å². The molecule has 1 saturated heterocycles. The number of hydrogen-bond donors (Lipinski definition) is 2. The average Bonchev–Trinajstić information content (AvgIpc) is 2.85. The van der Waals surface area contributed by atoms with Crippen LogP contribution in [0.5, 0.6) is 0 Å². The molecule has 5 nitrogen and oxygen atoms in total. The molecule has 6 heteroatoms. The van der Waals surface area contributed by atoms with Crippen LogP contribution in [0.4, 0.5) is 0 Å². The minimum atomic E-state index is -2.82. The summed E-state index contributed by atoms with van der Waals surface area (Å²) in [5.41, 5.74) is 1.02. The Bertz CT molecular complexity index is 571. The van der Waals surface area contributed by atoms with Crippen LogP contribution >= 0.6 is 0 Å². The highest BCUT2D eigenvalue weighted by Crippen LogP contribution is 2.29. The van der Waals surface area contributed by atoms with E-state index < -0.39 is 9.84 Å². The second-order valence-corrected chi connectivity index (χ2v) is 10.1. The predicted molar refractivity (Wildman–Crippen MR) is 101 cm³/mol. The molecule has 1 saturated carbocycles. The van der Waals surface area contributed by atoms with Crippen molar-refractivity contribution in [3.63, 3.8) is 0 Å². The number of sulfone groups is 1. The van der Waals surface area contributed by atoms with Crippen LogP contribution in [0.25, 0.3) is 0 Å². The maximum atomic E-state index is 11.6. The third kappa shape index (κ3) is 6.11. The van der Waals surface area contributed by atoms with Crippen LogP contribution < -0.4 is 10.6 Å². The second kappa shape index (κ2) is 8.37. The first kappa shape index (κ1) is 19.3.